The Morgan fingerprint density at radius 3 is 2.90 bits per heavy atom. The molecule has 1 aliphatic rings. The average molecular weight is 306 g/mol. The van der Waals surface area contributed by atoms with Crippen LogP contribution in [0, 0.1) is 5.82 Å². The van der Waals surface area contributed by atoms with Gasteiger partial charge in [0.15, 0.2) is 0 Å². The summed E-state index contributed by atoms with van der Waals surface area (Å²) < 4.78 is 12.8. The Hall–Kier alpha value is -1.86. The van der Waals surface area contributed by atoms with E-state index in [1.807, 2.05) is 0 Å². The summed E-state index contributed by atoms with van der Waals surface area (Å²) in [4.78, 5) is 11.9. The normalized spacial score (nSPS) is 17.9. The summed E-state index contributed by atoms with van der Waals surface area (Å²) in [5.41, 5.74) is 0.760. The highest BCUT2D eigenvalue weighted by atomic mass is 32.1. The number of rotatable bonds is 4. The second-order valence-electron chi connectivity index (χ2n) is 4.95. The molecule has 110 valence electrons. The number of amides is 1. The summed E-state index contributed by atoms with van der Waals surface area (Å²) in [6, 6.07) is 6.14. The lowest BCUT2D eigenvalue weighted by Crippen LogP contribution is -2.14. The number of nitrogens with zero attached hydrogens (tertiary/aromatic N) is 2. The van der Waals surface area contributed by atoms with Gasteiger partial charge in [-0.1, -0.05) is 23.5 Å². The number of aromatic nitrogens is 2. The van der Waals surface area contributed by atoms with Crippen LogP contribution in [0.3, 0.4) is 0 Å². The number of benzene rings is 1. The Labute approximate surface area is 125 Å². The minimum absolute atomic E-state index is 0.177. The Balaban J connectivity index is 1.58. The molecule has 0 saturated carbocycles. The van der Waals surface area contributed by atoms with Gasteiger partial charge in [-0.25, -0.2) is 4.39 Å². The molecule has 7 heteroatoms. The summed E-state index contributed by atoms with van der Waals surface area (Å²) >= 11 is 1.39. The number of nitrogens with one attached hydrogen (secondary N) is 2. The Bertz CT molecular complexity index is 622. The molecule has 0 bridgehead atoms. The van der Waals surface area contributed by atoms with Gasteiger partial charge in [0.05, 0.1) is 12.5 Å². The quantitative estimate of drug-likeness (QED) is 0.909. The fraction of sp³-hybridized carbons (Fsp3) is 0.357. The monoisotopic (exact) mass is 306 g/mol. The molecule has 21 heavy (non-hydrogen) atoms. The zero-order valence-corrected chi connectivity index (χ0v) is 12.1. The van der Waals surface area contributed by atoms with Gasteiger partial charge in [0.1, 0.15) is 10.8 Å². The van der Waals surface area contributed by atoms with Gasteiger partial charge in [0, 0.05) is 0 Å². The summed E-state index contributed by atoms with van der Waals surface area (Å²) in [7, 11) is 0. The number of carbonyl (C=O) groups excluding carboxylic acids is 1. The molecule has 2 aromatic rings. The predicted molar refractivity (Wildman–Crippen MR) is 78.6 cm³/mol. The topological polar surface area (TPSA) is 66.9 Å². The maximum Gasteiger partial charge on any atom is 0.230 e. The highest BCUT2D eigenvalue weighted by molar-refractivity contribution is 7.15. The first kappa shape index (κ1) is 14.1. The van der Waals surface area contributed by atoms with Crippen molar-refractivity contribution in [2.75, 3.05) is 11.9 Å². The smallest absolute Gasteiger partial charge is 0.230 e. The van der Waals surface area contributed by atoms with Crippen LogP contribution in [-0.4, -0.2) is 22.6 Å². The first-order valence-corrected chi connectivity index (χ1v) is 7.63. The van der Waals surface area contributed by atoms with Crippen LogP contribution in [0.25, 0.3) is 0 Å². The van der Waals surface area contributed by atoms with Crippen molar-refractivity contribution in [1.29, 1.82) is 0 Å². The average Bonchev–Trinajstić information content (AvgIpc) is 3.12. The van der Waals surface area contributed by atoms with Crippen LogP contribution in [0.5, 0.6) is 0 Å². The van der Waals surface area contributed by atoms with E-state index in [9.17, 15) is 9.18 Å². The van der Waals surface area contributed by atoms with E-state index in [1.54, 1.807) is 12.1 Å². The zero-order valence-electron chi connectivity index (χ0n) is 11.3. The first-order chi connectivity index (χ1) is 10.2. The molecule has 1 amide bonds. The SMILES string of the molecule is O=C(Cc1ccc(F)cc1)Nc1nnc(C2CCCN2)s1. The molecular formula is C14H15FN4OS. The van der Waals surface area contributed by atoms with Crippen LogP contribution in [0.15, 0.2) is 24.3 Å². The van der Waals surface area contributed by atoms with Crippen molar-refractivity contribution in [1.82, 2.24) is 15.5 Å². The van der Waals surface area contributed by atoms with Gasteiger partial charge in [0.2, 0.25) is 11.0 Å². The third-order valence-corrected chi connectivity index (χ3v) is 4.28. The van der Waals surface area contributed by atoms with Crippen molar-refractivity contribution in [3.8, 4) is 0 Å². The largest absolute Gasteiger partial charge is 0.308 e. The molecule has 1 aliphatic heterocycles. The summed E-state index contributed by atoms with van der Waals surface area (Å²) in [6.45, 7) is 0.997. The van der Waals surface area contributed by atoms with Crippen molar-refractivity contribution >= 4 is 22.4 Å². The molecule has 0 radical (unpaired) electrons. The molecule has 5 nitrogen and oxygen atoms in total. The molecule has 3 rings (SSSR count). The molecular weight excluding hydrogens is 291 g/mol. The number of halogens is 1. The van der Waals surface area contributed by atoms with Gasteiger partial charge >= 0.3 is 0 Å². The predicted octanol–water partition coefficient (Wildman–Crippen LogP) is 2.28. The maximum atomic E-state index is 12.8. The van der Waals surface area contributed by atoms with Gasteiger partial charge < -0.3 is 10.6 Å². The van der Waals surface area contributed by atoms with Crippen molar-refractivity contribution < 1.29 is 9.18 Å². The highest BCUT2D eigenvalue weighted by Crippen LogP contribution is 2.27. The van der Waals surface area contributed by atoms with E-state index in [4.69, 9.17) is 0 Å². The van der Waals surface area contributed by atoms with Crippen molar-refractivity contribution in [3.63, 3.8) is 0 Å². The van der Waals surface area contributed by atoms with Crippen molar-refractivity contribution in [2.24, 2.45) is 0 Å². The Kier molecular flexibility index (Phi) is 4.21. The van der Waals surface area contributed by atoms with Crippen LogP contribution in [0.4, 0.5) is 9.52 Å². The highest BCUT2D eigenvalue weighted by Gasteiger charge is 2.20. The molecule has 2 heterocycles. The minimum atomic E-state index is -0.308. The van der Waals surface area contributed by atoms with E-state index in [2.05, 4.69) is 20.8 Å². The number of hydrogen-bond donors (Lipinski definition) is 2. The molecule has 1 saturated heterocycles. The molecule has 1 unspecified atom stereocenters. The van der Waals surface area contributed by atoms with Gasteiger partial charge in [-0.2, -0.15) is 0 Å². The van der Waals surface area contributed by atoms with Gasteiger partial charge in [-0.05, 0) is 37.1 Å². The van der Waals surface area contributed by atoms with Gasteiger partial charge in [-0.15, -0.1) is 10.2 Å². The van der Waals surface area contributed by atoms with Crippen LogP contribution in [-0.2, 0) is 11.2 Å². The van der Waals surface area contributed by atoms with Gasteiger partial charge in [-0.3, -0.25) is 4.79 Å². The molecule has 1 aromatic carbocycles. The third kappa shape index (κ3) is 3.62. The van der Waals surface area contributed by atoms with Crippen molar-refractivity contribution in [2.45, 2.75) is 25.3 Å². The minimum Gasteiger partial charge on any atom is -0.308 e. The first-order valence-electron chi connectivity index (χ1n) is 6.82. The maximum absolute atomic E-state index is 12.8. The molecule has 0 aliphatic carbocycles. The number of carbonyl (C=O) groups is 1. The lowest BCUT2D eigenvalue weighted by Gasteiger charge is -2.03. The van der Waals surface area contributed by atoms with Gasteiger partial charge in [0.25, 0.3) is 0 Å². The lowest BCUT2D eigenvalue weighted by molar-refractivity contribution is -0.115. The van der Waals surface area contributed by atoms with Crippen LogP contribution in [0.2, 0.25) is 0 Å². The third-order valence-electron chi connectivity index (χ3n) is 3.32. The van der Waals surface area contributed by atoms with Crippen LogP contribution < -0.4 is 10.6 Å². The van der Waals surface area contributed by atoms with E-state index in [0.29, 0.717) is 5.13 Å². The van der Waals surface area contributed by atoms with E-state index in [-0.39, 0.29) is 24.2 Å². The summed E-state index contributed by atoms with van der Waals surface area (Å²) in [5.74, 6) is -0.485. The Morgan fingerprint density at radius 2 is 2.19 bits per heavy atom. The summed E-state index contributed by atoms with van der Waals surface area (Å²) in [6.07, 6.45) is 2.38. The second kappa shape index (κ2) is 6.28. The second-order valence-corrected chi connectivity index (χ2v) is 5.95. The number of anilines is 1. The van der Waals surface area contributed by atoms with Crippen molar-refractivity contribution in [3.05, 3.63) is 40.7 Å². The standard InChI is InChI=1S/C14H15FN4OS/c15-10-5-3-9(4-6-10)8-12(20)17-14-19-18-13(21-14)11-2-1-7-16-11/h3-6,11,16H,1-2,7-8H2,(H,17,19,20). The van der Waals surface area contributed by atoms with Crippen LogP contribution in [0.1, 0.15) is 29.5 Å². The van der Waals surface area contributed by atoms with E-state index in [1.165, 1.54) is 23.5 Å². The fourth-order valence-corrected chi connectivity index (χ4v) is 3.14. The molecule has 0 spiro atoms. The fourth-order valence-electron chi connectivity index (χ4n) is 2.27. The molecule has 1 atom stereocenters. The van der Waals surface area contributed by atoms with E-state index < -0.39 is 0 Å². The molecule has 1 aromatic heterocycles. The lowest BCUT2D eigenvalue weighted by atomic mass is 10.1. The number of hydrogen-bond acceptors (Lipinski definition) is 5. The van der Waals surface area contributed by atoms with E-state index >= 15 is 0 Å². The van der Waals surface area contributed by atoms with E-state index in [0.717, 1.165) is 30.0 Å². The Morgan fingerprint density at radius 1 is 1.38 bits per heavy atom. The molecule has 2 N–H and O–H groups in total. The molecule has 1 fully saturated rings. The van der Waals surface area contributed by atoms with Crippen LogP contribution >= 0.6 is 11.3 Å². The zero-order chi connectivity index (χ0) is 14.7. The summed E-state index contributed by atoms with van der Waals surface area (Å²) in [5, 5.41) is 15.6.